The number of aromatic nitrogens is 3. The van der Waals surface area contributed by atoms with E-state index in [2.05, 4.69) is 31.8 Å². The van der Waals surface area contributed by atoms with Gasteiger partial charge in [-0.25, -0.2) is 9.78 Å². The molecule has 2 aromatic heterocycles. The van der Waals surface area contributed by atoms with Crippen LogP contribution >= 0.6 is 0 Å². The fraction of sp³-hybridized carbons (Fsp3) is 0.619. The average molecular weight is 415 g/mol. The van der Waals surface area contributed by atoms with Crippen LogP contribution in [0, 0.1) is 5.92 Å². The number of carbonyl (C=O) groups is 1. The maximum absolute atomic E-state index is 11.8. The molecule has 162 valence electrons. The Morgan fingerprint density at radius 3 is 2.60 bits per heavy atom. The monoisotopic (exact) mass is 414 g/mol. The lowest BCUT2D eigenvalue weighted by Crippen LogP contribution is -2.48. The van der Waals surface area contributed by atoms with Gasteiger partial charge in [-0.1, -0.05) is 12.1 Å². The quantitative estimate of drug-likeness (QED) is 0.738. The molecule has 0 aromatic carbocycles. The van der Waals surface area contributed by atoms with Crippen LogP contribution < -0.4 is 4.90 Å². The highest BCUT2D eigenvalue weighted by Crippen LogP contribution is 2.23. The van der Waals surface area contributed by atoms with Crippen LogP contribution in [0.15, 0.2) is 22.9 Å². The molecule has 0 radical (unpaired) electrons. The highest BCUT2D eigenvalue weighted by atomic mass is 16.6. The Bertz CT molecular complexity index is 824. The molecule has 2 aromatic rings. The number of hydrogen-bond acceptors (Lipinski definition) is 8. The van der Waals surface area contributed by atoms with Gasteiger partial charge in [0.15, 0.2) is 0 Å². The van der Waals surface area contributed by atoms with Crippen molar-refractivity contribution in [1.82, 2.24) is 24.9 Å². The van der Waals surface area contributed by atoms with Gasteiger partial charge in [-0.2, -0.15) is 4.98 Å². The van der Waals surface area contributed by atoms with Crippen LogP contribution in [0.2, 0.25) is 0 Å². The number of piperidine rings is 1. The first-order chi connectivity index (χ1) is 14.6. The fourth-order valence-corrected chi connectivity index (χ4v) is 3.87. The van der Waals surface area contributed by atoms with E-state index in [1.807, 2.05) is 25.3 Å². The Morgan fingerprint density at radius 2 is 1.93 bits per heavy atom. The van der Waals surface area contributed by atoms with E-state index in [1.54, 1.807) is 4.90 Å². The molecule has 0 spiro atoms. The zero-order chi connectivity index (χ0) is 20.9. The molecule has 4 heterocycles. The van der Waals surface area contributed by atoms with Gasteiger partial charge in [-0.3, -0.25) is 4.90 Å². The van der Waals surface area contributed by atoms with Crippen molar-refractivity contribution >= 4 is 11.9 Å². The smallest absolute Gasteiger partial charge is 0.409 e. The number of pyridine rings is 1. The van der Waals surface area contributed by atoms with E-state index in [0.717, 1.165) is 43.5 Å². The maximum Gasteiger partial charge on any atom is 0.409 e. The first kappa shape index (κ1) is 20.6. The minimum absolute atomic E-state index is 0.243. The molecule has 0 bridgehead atoms. The molecule has 2 aliphatic heterocycles. The van der Waals surface area contributed by atoms with Crippen molar-refractivity contribution in [1.29, 1.82) is 0 Å². The summed E-state index contributed by atoms with van der Waals surface area (Å²) in [7, 11) is 0. The molecular formula is C21H30N6O3. The van der Waals surface area contributed by atoms with Crippen molar-refractivity contribution in [3.8, 4) is 11.4 Å². The predicted molar refractivity (Wildman–Crippen MR) is 112 cm³/mol. The molecule has 2 saturated heterocycles. The number of nitrogens with zero attached hydrogens (tertiary/aromatic N) is 6. The third-order valence-electron chi connectivity index (χ3n) is 5.84. The Hall–Kier alpha value is -2.68. The van der Waals surface area contributed by atoms with Crippen molar-refractivity contribution in [3.63, 3.8) is 0 Å². The molecule has 1 amide bonds. The molecule has 9 nitrogen and oxygen atoms in total. The van der Waals surface area contributed by atoms with Crippen LogP contribution in [0.4, 0.5) is 10.6 Å². The standard InChI is InChI=1S/C21H30N6O3/c1-3-29-21(28)27-12-10-25(11-13-27)15-19-23-20(24-30-19)17-4-5-18(22-14-17)26-8-6-16(2)7-9-26/h4-5,14,16H,3,6-13,15H2,1-2H3. The van der Waals surface area contributed by atoms with Gasteiger partial charge in [0.05, 0.1) is 13.2 Å². The topological polar surface area (TPSA) is 87.8 Å². The molecule has 0 atom stereocenters. The highest BCUT2D eigenvalue weighted by Gasteiger charge is 2.23. The van der Waals surface area contributed by atoms with E-state index in [4.69, 9.17) is 9.26 Å². The SMILES string of the molecule is CCOC(=O)N1CCN(Cc2nc(-c3ccc(N4CCC(C)CC4)nc3)no2)CC1. The first-order valence-corrected chi connectivity index (χ1v) is 10.8. The molecule has 30 heavy (non-hydrogen) atoms. The van der Waals surface area contributed by atoms with Crippen LogP contribution in [-0.2, 0) is 11.3 Å². The van der Waals surface area contributed by atoms with Gasteiger partial charge < -0.3 is 19.1 Å². The first-order valence-electron chi connectivity index (χ1n) is 10.8. The van der Waals surface area contributed by atoms with E-state index >= 15 is 0 Å². The zero-order valence-electron chi connectivity index (χ0n) is 17.8. The molecular weight excluding hydrogens is 384 g/mol. The normalized spacial score (nSPS) is 18.6. The number of hydrogen-bond donors (Lipinski definition) is 0. The lowest BCUT2D eigenvalue weighted by Gasteiger charge is -2.33. The largest absolute Gasteiger partial charge is 0.450 e. The van der Waals surface area contributed by atoms with Crippen molar-refractivity contribution in [3.05, 3.63) is 24.2 Å². The minimum atomic E-state index is -0.243. The zero-order valence-corrected chi connectivity index (χ0v) is 17.8. The minimum Gasteiger partial charge on any atom is -0.450 e. The summed E-state index contributed by atoms with van der Waals surface area (Å²) in [4.78, 5) is 27.2. The molecule has 0 N–H and O–H groups in total. The second kappa shape index (κ2) is 9.42. The Labute approximate surface area is 177 Å². The number of rotatable bonds is 5. The Morgan fingerprint density at radius 1 is 1.17 bits per heavy atom. The third-order valence-corrected chi connectivity index (χ3v) is 5.84. The fourth-order valence-electron chi connectivity index (χ4n) is 3.87. The van der Waals surface area contributed by atoms with Crippen LogP contribution in [0.5, 0.6) is 0 Å². The molecule has 0 unspecified atom stereocenters. The maximum atomic E-state index is 11.8. The number of piperazine rings is 1. The summed E-state index contributed by atoms with van der Waals surface area (Å²) in [6.07, 6.45) is 4.00. The van der Waals surface area contributed by atoms with E-state index in [0.29, 0.717) is 38.0 Å². The summed E-state index contributed by atoms with van der Waals surface area (Å²) in [6, 6.07) is 4.04. The van der Waals surface area contributed by atoms with Crippen molar-refractivity contribution < 1.29 is 14.1 Å². The number of amides is 1. The second-order valence-electron chi connectivity index (χ2n) is 8.05. The summed E-state index contributed by atoms with van der Waals surface area (Å²) < 4.78 is 10.5. The molecule has 0 saturated carbocycles. The van der Waals surface area contributed by atoms with Gasteiger partial charge >= 0.3 is 6.09 Å². The average Bonchev–Trinajstić information content (AvgIpc) is 3.23. The highest BCUT2D eigenvalue weighted by molar-refractivity contribution is 5.67. The van der Waals surface area contributed by atoms with E-state index in [9.17, 15) is 4.79 Å². The molecule has 9 heteroatoms. The van der Waals surface area contributed by atoms with Crippen molar-refractivity contribution in [2.45, 2.75) is 33.2 Å². The van der Waals surface area contributed by atoms with Gasteiger partial charge in [0.2, 0.25) is 11.7 Å². The molecule has 4 rings (SSSR count). The van der Waals surface area contributed by atoms with Crippen molar-refractivity contribution in [2.24, 2.45) is 5.92 Å². The third kappa shape index (κ3) is 4.89. The van der Waals surface area contributed by atoms with E-state index in [1.165, 1.54) is 12.8 Å². The lowest BCUT2D eigenvalue weighted by atomic mass is 9.99. The van der Waals surface area contributed by atoms with Gasteiger partial charge in [0.1, 0.15) is 5.82 Å². The van der Waals surface area contributed by atoms with E-state index in [-0.39, 0.29) is 6.09 Å². The van der Waals surface area contributed by atoms with Gasteiger partial charge in [-0.05, 0) is 37.8 Å². The van der Waals surface area contributed by atoms with Gasteiger partial charge in [0.25, 0.3) is 0 Å². The van der Waals surface area contributed by atoms with E-state index < -0.39 is 0 Å². The molecule has 2 aliphatic rings. The predicted octanol–water partition coefficient (Wildman–Crippen LogP) is 2.64. The second-order valence-corrected chi connectivity index (χ2v) is 8.05. The van der Waals surface area contributed by atoms with Crippen LogP contribution in [0.25, 0.3) is 11.4 Å². The summed E-state index contributed by atoms with van der Waals surface area (Å²) in [6.45, 7) is 9.99. The Kier molecular flexibility index (Phi) is 6.47. The van der Waals surface area contributed by atoms with Gasteiger partial charge in [-0.15, -0.1) is 0 Å². The van der Waals surface area contributed by atoms with Crippen LogP contribution in [-0.4, -0.2) is 76.9 Å². The summed E-state index contributed by atoms with van der Waals surface area (Å²) in [5.74, 6) is 2.94. The van der Waals surface area contributed by atoms with Crippen LogP contribution in [0.1, 0.15) is 32.6 Å². The number of carbonyl (C=O) groups excluding carboxylic acids is 1. The summed E-state index contributed by atoms with van der Waals surface area (Å²) in [5.41, 5.74) is 0.853. The lowest BCUT2D eigenvalue weighted by molar-refractivity contribution is 0.0749. The summed E-state index contributed by atoms with van der Waals surface area (Å²) >= 11 is 0. The number of anilines is 1. The van der Waals surface area contributed by atoms with Crippen molar-refractivity contribution in [2.75, 3.05) is 50.8 Å². The van der Waals surface area contributed by atoms with Crippen LogP contribution in [0.3, 0.4) is 0 Å². The Balaban J connectivity index is 1.30. The molecule has 0 aliphatic carbocycles. The molecule has 2 fully saturated rings. The summed E-state index contributed by atoms with van der Waals surface area (Å²) in [5, 5.41) is 4.12. The van der Waals surface area contributed by atoms with Gasteiger partial charge in [0, 0.05) is 51.0 Å². The number of ether oxygens (including phenoxy) is 1.